The van der Waals surface area contributed by atoms with Gasteiger partial charge in [-0.2, -0.15) is 5.10 Å². The van der Waals surface area contributed by atoms with Crippen LogP contribution in [0.25, 0.3) is 0 Å². The second-order valence-corrected chi connectivity index (χ2v) is 6.24. The minimum Gasteiger partial charge on any atom is -0.480 e. The van der Waals surface area contributed by atoms with Crippen molar-refractivity contribution in [1.29, 1.82) is 0 Å². The summed E-state index contributed by atoms with van der Waals surface area (Å²) in [5.41, 5.74) is 0.910. The number of rotatable bonds is 5. The molecule has 1 aliphatic rings. The maximum absolute atomic E-state index is 12.2. The number of nitrogens with zero attached hydrogens (tertiary/aromatic N) is 2. The zero-order valence-electron chi connectivity index (χ0n) is 11.9. The smallest absolute Gasteiger partial charge is 0.325 e. The Morgan fingerprint density at radius 3 is 2.83 bits per heavy atom. The van der Waals surface area contributed by atoms with Gasteiger partial charge in [0.15, 0.2) is 5.82 Å². The number of aliphatic carboxylic acids is 1. The lowest BCUT2D eigenvalue weighted by Gasteiger charge is -2.04. The molecule has 1 fully saturated rings. The molecule has 1 aliphatic carbocycles. The average molecular weight is 354 g/mol. The zero-order valence-corrected chi connectivity index (χ0v) is 13.4. The first-order chi connectivity index (χ1) is 10.9. The molecular weight excluding hydrogens is 341 g/mol. The molecular formula is C15H13Cl2N3O3. The first-order valence-electron chi connectivity index (χ1n) is 6.95. The number of carboxylic acids is 1. The van der Waals surface area contributed by atoms with Crippen LogP contribution in [0.15, 0.2) is 30.5 Å². The first-order valence-corrected chi connectivity index (χ1v) is 7.70. The number of hydrogen-bond donors (Lipinski definition) is 2. The van der Waals surface area contributed by atoms with Gasteiger partial charge in [-0.1, -0.05) is 29.3 Å². The molecule has 2 aromatic rings. The molecule has 120 valence electrons. The first kappa shape index (κ1) is 15.8. The summed E-state index contributed by atoms with van der Waals surface area (Å²) >= 11 is 12.0. The molecule has 1 amide bonds. The summed E-state index contributed by atoms with van der Waals surface area (Å²) in [5, 5.41) is 16.5. The van der Waals surface area contributed by atoms with Crippen LogP contribution in [0.5, 0.6) is 0 Å². The van der Waals surface area contributed by atoms with Gasteiger partial charge in [-0.3, -0.25) is 14.3 Å². The van der Waals surface area contributed by atoms with Gasteiger partial charge >= 0.3 is 5.97 Å². The fraction of sp³-hybridized carbons (Fsp3) is 0.267. The third-order valence-corrected chi connectivity index (χ3v) is 4.24. The minimum absolute atomic E-state index is 0.0703. The van der Waals surface area contributed by atoms with E-state index in [9.17, 15) is 9.59 Å². The van der Waals surface area contributed by atoms with E-state index < -0.39 is 5.97 Å². The molecule has 0 saturated heterocycles. The molecule has 0 aliphatic heterocycles. The van der Waals surface area contributed by atoms with E-state index in [0.717, 1.165) is 5.56 Å². The van der Waals surface area contributed by atoms with Crippen LogP contribution in [0, 0.1) is 5.92 Å². The molecule has 0 spiro atoms. The fourth-order valence-corrected chi connectivity index (χ4v) is 3.05. The van der Waals surface area contributed by atoms with Gasteiger partial charge in [-0.25, -0.2) is 0 Å². The Bertz CT molecular complexity index is 775. The molecule has 23 heavy (non-hydrogen) atoms. The Labute approximate surface area is 142 Å². The van der Waals surface area contributed by atoms with Crippen molar-refractivity contribution in [2.75, 3.05) is 5.32 Å². The topological polar surface area (TPSA) is 84.2 Å². The van der Waals surface area contributed by atoms with Gasteiger partial charge in [-0.05, 0) is 30.0 Å². The highest BCUT2D eigenvalue weighted by molar-refractivity contribution is 6.35. The van der Waals surface area contributed by atoms with Crippen molar-refractivity contribution in [3.8, 4) is 0 Å². The molecule has 0 unspecified atom stereocenters. The number of carbonyl (C=O) groups is 2. The number of anilines is 1. The predicted molar refractivity (Wildman–Crippen MR) is 85.8 cm³/mol. The van der Waals surface area contributed by atoms with Crippen LogP contribution >= 0.6 is 23.2 Å². The second kappa shape index (κ2) is 6.22. The lowest BCUT2D eigenvalue weighted by atomic mass is 10.1. The average Bonchev–Trinajstić information content (AvgIpc) is 3.13. The van der Waals surface area contributed by atoms with Crippen LogP contribution in [0.4, 0.5) is 5.82 Å². The lowest BCUT2D eigenvalue weighted by Crippen LogP contribution is -2.16. The van der Waals surface area contributed by atoms with Crippen LogP contribution in [0.3, 0.4) is 0 Å². The summed E-state index contributed by atoms with van der Waals surface area (Å²) in [6.07, 6.45) is 2.22. The number of halogens is 2. The van der Waals surface area contributed by atoms with Crippen molar-refractivity contribution in [3.63, 3.8) is 0 Å². The van der Waals surface area contributed by atoms with E-state index in [0.29, 0.717) is 22.3 Å². The number of benzene rings is 1. The van der Waals surface area contributed by atoms with E-state index in [4.69, 9.17) is 28.3 Å². The highest BCUT2D eigenvalue weighted by Gasteiger charge is 2.45. The van der Waals surface area contributed by atoms with Crippen molar-refractivity contribution < 1.29 is 14.7 Å². The lowest BCUT2D eigenvalue weighted by molar-refractivity contribution is -0.137. The van der Waals surface area contributed by atoms with E-state index in [-0.39, 0.29) is 24.3 Å². The number of carboxylic acid groups (broad SMARTS) is 1. The standard InChI is InChI=1S/C15H13Cl2N3O3/c16-8-1-2-9(12(17)5-8)10-6-11(10)15(23)18-13-3-4-20(19-13)7-14(21)22/h1-5,10-11H,6-7H2,(H,21,22)(H,18,19,23)/t10-,11-/m1/s1. The van der Waals surface area contributed by atoms with E-state index in [1.807, 2.05) is 6.07 Å². The monoisotopic (exact) mass is 353 g/mol. The third-order valence-electron chi connectivity index (χ3n) is 3.68. The molecule has 1 aromatic carbocycles. The van der Waals surface area contributed by atoms with Crippen LogP contribution in [-0.2, 0) is 16.1 Å². The highest BCUT2D eigenvalue weighted by Crippen LogP contribution is 2.50. The molecule has 3 rings (SSSR count). The number of aromatic nitrogens is 2. The van der Waals surface area contributed by atoms with Crippen molar-refractivity contribution >= 4 is 40.9 Å². The van der Waals surface area contributed by atoms with E-state index >= 15 is 0 Å². The number of hydrogen-bond acceptors (Lipinski definition) is 3. The van der Waals surface area contributed by atoms with Gasteiger partial charge in [0.05, 0.1) is 0 Å². The summed E-state index contributed by atoms with van der Waals surface area (Å²) < 4.78 is 1.25. The predicted octanol–water partition coefficient (Wildman–Crippen LogP) is 3.02. The van der Waals surface area contributed by atoms with Crippen molar-refractivity contribution in [3.05, 3.63) is 46.1 Å². The molecule has 1 aromatic heterocycles. The number of amides is 1. The van der Waals surface area contributed by atoms with Gasteiger partial charge in [0.25, 0.3) is 0 Å². The Morgan fingerprint density at radius 1 is 1.35 bits per heavy atom. The van der Waals surface area contributed by atoms with Gasteiger partial charge in [0.1, 0.15) is 6.54 Å². The quantitative estimate of drug-likeness (QED) is 0.865. The Morgan fingerprint density at radius 2 is 2.13 bits per heavy atom. The number of carbonyl (C=O) groups excluding carboxylic acids is 1. The number of nitrogens with one attached hydrogen (secondary N) is 1. The summed E-state index contributed by atoms with van der Waals surface area (Å²) in [4.78, 5) is 22.8. The van der Waals surface area contributed by atoms with Gasteiger partial charge in [0.2, 0.25) is 5.91 Å². The van der Waals surface area contributed by atoms with E-state index in [2.05, 4.69) is 10.4 Å². The van der Waals surface area contributed by atoms with Crippen molar-refractivity contribution in [2.24, 2.45) is 5.92 Å². The van der Waals surface area contributed by atoms with Gasteiger partial charge < -0.3 is 10.4 Å². The van der Waals surface area contributed by atoms with Crippen LogP contribution < -0.4 is 5.32 Å². The molecule has 8 heteroatoms. The molecule has 6 nitrogen and oxygen atoms in total. The summed E-state index contributed by atoms with van der Waals surface area (Å²) in [6, 6.07) is 6.82. The Balaban J connectivity index is 1.62. The zero-order chi connectivity index (χ0) is 16.6. The maximum atomic E-state index is 12.2. The van der Waals surface area contributed by atoms with Crippen LogP contribution in [0.1, 0.15) is 17.9 Å². The summed E-state index contributed by atoms with van der Waals surface area (Å²) in [6.45, 7) is -0.248. The SMILES string of the molecule is O=C(O)Cn1ccc(NC(=O)[C@@H]2C[C@@H]2c2ccc(Cl)cc2Cl)n1. The van der Waals surface area contributed by atoms with Crippen molar-refractivity contribution in [2.45, 2.75) is 18.9 Å². The molecule has 1 heterocycles. The van der Waals surface area contributed by atoms with Crippen molar-refractivity contribution in [1.82, 2.24) is 9.78 Å². The fourth-order valence-electron chi connectivity index (χ4n) is 2.50. The Hall–Kier alpha value is -2.05. The summed E-state index contributed by atoms with van der Waals surface area (Å²) in [7, 11) is 0. The maximum Gasteiger partial charge on any atom is 0.325 e. The van der Waals surface area contributed by atoms with Crippen LogP contribution in [-0.4, -0.2) is 26.8 Å². The largest absolute Gasteiger partial charge is 0.480 e. The minimum atomic E-state index is -0.995. The molecule has 2 N–H and O–H groups in total. The highest BCUT2D eigenvalue weighted by atomic mass is 35.5. The normalized spacial score (nSPS) is 19.4. The van der Waals surface area contributed by atoms with Gasteiger partial charge in [0, 0.05) is 28.2 Å². The van der Waals surface area contributed by atoms with Crippen LogP contribution in [0.2, 0.25) is 10.0 Å². The van der Waals surface area contributed by atoms with Gasteiger partial charge in [-0.15, -0.1) is 0 Å². The van der Waals surface area contributed by atoms with E-state index in [1.165, 1.54) is 10.9 Å². The van der Waals surface area contributed by atoms with E-state index in [1.54, 1.807) is 18.2 Å². The third kappa shape index (κ3) is 3.65. The summed E-state index contributed by atoms with van der Waals surface area (Å²) in [5.74, 6) is -0.907. The second-order valence-electron chi connectivity index (χ2n) is 5.40. The molecule has 0 radical (unpaired) electrons. The molecule has 0 bridgehead atoms. The Kier molecular flexibility index (Phi) is 4.28. The molecule has 2 atom stereocenters. The molecule has 1 saturated carbocycles.